The predicted molar refractivity (Wildman–Crippen MR) is 29.6 cm³/mol. The minimum atomic E-state index is -0.347. The van der Waals surface area contributed by atoms with Gasteiger partial charge in [0.05, 0.1) is 6.10 Å². The molecule has 0 aromatic rings. The van der Waals surface area contributed by atoms with Crippen molar-refractivity contribution in [1.29, 1.82) is 0 Å². The Bertz CT molecular complexity index is 41.4. The summed E-state index contributed by atoms with van der Waals surface area (Å²) < 4.78 is 0. The molecule has 0 aromatic heterocycles. The maximum absolute atomic E-state index is 10.6. The second-order valence-electron chi connectivity index (χ2n) is 2.19. The second-order valence-corrected chi connectivity index (χ2v) is 2.19. The van der Waals surface area contributed by atoms with Crippen LogP contribution in [0.2, 0.25) is 0 Å². The first-order valence-electron chi connectivity index (χ1n) is 2.84. The first kappa shape index (κ1) is 6.96. The summed E-state index contributed by atoms with van der Waals surface area (Å²) in [6, 6.07) is 0. The van der Waals surface area contributed by atoms with E-state index in [9.17, 15) is 5.11 Å². The maximum Gasteiger partial charge on any atom is 0.0950 e. The molecule has 1 nitrogen and oxygen atoms in total. The van der Waals surface area contributed by atoms with Crippen LogP contribution >= 0.6 is 0 Å². The number of hydrogen-bond donors (Lipinski definition) is 0. The van der Waals surface area contributed by atoms with E-state index in [4.69, 9.17) is 0 Å². The van der Waals surface area contributed by atoms with E-state index in [2.05, 4.69) is 0 Å². The Morgan fingerprint density at radius 1 is 1.43 bits per heavy atom. The van der Waals surface area contributed by atoms with Crippen LogP contribution in [0.1, 0.15) is 27.2 Å². The zero-order chi connectivity index (χ0) is 5.86. The summed E-state index contributed by atoms with van der Waals surface area (Å²) in [5.74, 6) is 0.310. The van der Waals surface area contributed by atoms with E-state index < -0.39 is 0 Å². The zero-order valence-corrected chi connectivity index (χ0v) is 5.27. The fourth-order valence-electron chi connectivity index (χ4n) is 0.471. The fourth-order valence-corrected chi connectivity index (χ4v) is 0.471. The van der Waals surface area contributed by atoms with E-state index >= 15 is 0 Å². The van der Waals surface area contributed by atoms with Crippen molar-refractivity contribution < 1.29 is 5.11 Å². The molecule has 0 rings (SSSR count). The lowest BCUT2D eigenvalue weighted by Gasteiger charge is -2.06. The van der Waals surface area contributed by atoms with Gasteiger partial charge in [0.15, 0.2) is 0 Å². The molecule has 0 saturated carbocycles. The molecule has 43 valence electrons. The van der Waals surface area contributed by atoms with E-state index in [0.717, 1.165) is 6.42 Å². The summed E-state index contributed by atoms with van der Waals surface area (Å²) in [5.41, 5.74) is 0. The molecule has 0 aliphatic rings. The highest BCUT2D eigenvalue weighted by molar-refractivity contribution is 4.54. The van der Waals surface area contributed by atoms with E-state index in [1.54, 1.807) is 0 Å². The molecule has 0 aromatic carbocycles. The van der Waals surface area contributed by atoms with Gasteiger partial charge in [0.2, 0.25) is 0 Å². The van der Waals surface area contributed by atoms with Crippen molar-refractivity contribution in [2.24, 2.45) is 5.92 Å². The first-order chi connectivity index (χ1) is 3.18. The molecule has 1 heteroatoms. The van der Waals surface area contributed by atoms with Crippen molar-refractivity contribution in [2.45, 2.75) is 33.3 Å². The normalized spacial score (nSPS) is 15.0. The minimum Gasteiger partial charge on any atom is -0.233 e. The van der Waals surface area contributed by atoms with Gasteiger partial charge in [-0.1, -0.05) is 20.8 Å². The molecule has 0 N–H and O–H groups in total. The standard InChI is InChI=1S/C6H13O/c1-4-6(7)5(2)3/h5-6H,4H2,1-3H3. The van der Waals surface area contributed by atoms with Crippen LogP contribution in [-0.4, -0.2) is 6.10 Å². The lowest BCUT2D eigenvalue weighted by molar-refractivity contribution is 0.0467. The summed E-state index contributed by atoms with van der Waals surface area (Å²) >= 11 is 0. The fraction of sp³-hybridized carbons (Fsp3) is 1.00. The van der Waals surface area contributed by atoms with Crippen LogP contribution in [0.25, 0.3) is 0 Å². The van der Waals surface area contributed by atoms with Crippen LogP contribution in [-0.2, 0) is 5.11 Å². The summed E-state index contributed by atoms with van der Waals surface area (Å²) in [4.78, 5) is 0. The Labute approximate surface area is 45.4 Å². The molecule has 0 aliphatic heterocycles. The highest BCUT2D eigenvalue weighted by atomic mass is 16.3. The monoisotopic (exact) mass is 101 g/mol. The second kappa shape index (κ2) is 3.03. The summed E-state index contributed by atoms with van der Waals surface area (Å²) in [6.07, 6.45) is 0.414. The molecule has 0 saturated heterocycles. The Kier molecular flexibility index (Phi) is 3.01. The molecule has 1 atom stereocenters. The van der Waals surface area contributed by atoms with E-state index in [1.165, 1.54) is 0 Å². The molecule has 1 radical (unpaired) electrons. The van der Waals surface area contributed by atoms with Gasteiger partial charge < -0.3 is 0 Å². The minimum absolute atomic E-state index is 0.310. The molecular weight excluding hydrogens is 88.1 g/mol. The van der Waals surface area contributed by atoms with Crippen LogP contribution in [0.3, 0.4) is 0 Å². The summed E-state index contributed by atoms with van der Waals surface area (Å²) in [5, 5.41) is 10.6. The van der Waals surface area contributed by atoms with Gasteiger partial charge >= 0.3 is 0 Å². The smallest absolute Gasteiger partial charge is 0.0950 e. The lowest BCUT2D eigenvalue weighted by atomic mass is 10.1. The molecule has 0 aliphatic carbocycles. The van der Waals surface area contributed by atoms with Gasteiger partial charge in [0, 0.05) is 0 Å². The van der Waals surface area contributed by atoms with E-state index in [0.29, 0.717) is 5.92 Å². The molecule has 1 unspecified atom stereocenters. The van der Waals surface area contributed by atoms with Gasteiger partial charge in [-0.2, -0.15) is 0 Å². The number of rotatable bonds is 2. The SMILES string of the molecule is CCC([O])C(C)C. The van der Waals surface area contributed by atoms with Crippen molar-refractivity contribution in [3.63, 3.8) is 0 Å². The third-order valence-corrected chi connectivity index (χ3v) is 1.15. The molecule has 0 fully saturated rings. The third-order valence-electron chi connectivity index (χ3n) is 1.15. The van der Waals surface area contributed by atoms with Gasteiger partial charge in [0.25, 0.3) is 0 Å². The average Bonchev–Trinajstić information content (AvgIpc) is 1.65. The molecular formula is C6H13O. The molecule has 0 amide bonds. The van der Waals surface area contributed by atoms with Crippen LogP contribution in [0.4, 0.5) is 0 Å². The first-order valence-corrected chi connectivity index (χ1v) is 2.84. The highest BCUT2D eigenvalue weighted by Crippen LogP contribution is 2.03. The lowest BCUT2D eigenvalue weighted by Crippen LogP contribution is -2.10. The summed E-state index contributed by atoms with van der Waals surface area (Å²) in [7, 11) is 0. The van der Waals surface area contributed by atoms with Crippen molar-refractivity contribution in [1.82, 2.24) is 0 Å². The van der Waals surface area contributed by atoms with E-state index in [1.807, 2.05) is 20.8 Å². The van der Waals surface area contributed by atoms with Crippen LogP contribution in [0.15, 0.2) is 0 Å². The molecule has 0 heterocycles. The van der Waals surface area contributed by atoms with Gasteiger partial charge in [-0.05, 0) is 12.3 Å². The molecule has 7 heavy (non-hydrogen) atoms. The highest BCUT2D eigenvalue weighted by Gasteiger charge is 2.05. The van der Waals surface area contributed by atoms with Gasteiger partial charge in [-0.25, -0.2) is 5.11 Å². The Hall–Kier alpha value is -0.0400. The van der Waals surface area contributed by atoms with Crippen molar-refractivity contribution >= 4 is 0 Å². The zero-order valence-electron chi connectivity index (χ0n) is 5.27. The quantitative estimate of drug-likeness (QED) is 0.506. The Balaban J connectivity index is 3.14. The van der Waals surface area contributed by atoms with E-state index in [-0.39, 0.29) is 6.10 Å². The predicted octanol–water partition coefficient (Wildman–Crippen LogP) is 1.85. The van der Waals surface area contributed by atoms with Gasteiger partial charge in [-0.15, -0.1) is 0 Å². The van der Waals surface area contributed by atoms with Crippen LogP contribution in [0, 0.1) is 5.92 Å². The Morgan fingerprint density at radius 3 is 1.86 bits per heavy atom. The van der Waals surface area contributed by atoms with Crippen molar-refractivity contribution in [2.75, 3.05) is 0 Å². The Morgan fingerprint density at radius 2 is 1.86 bits per heavy atom. The largest absolute Gasteiger partial charge is 0.233 e. The van der Waals surface area contributed by atoms with Crippen molar-refractivity contribution in [3.8, 4) is 0 Å². The van der Waals surface area contributed by atoms with Gasteiger partial charge in [0.1, 0.15) is 0 Å². The molecule has 0 bridgehead atoms. The summed E-state index contributed by atoms with van der Waals surface area (Å²) in [6.45, 7) is 5.85. The number of hydrogen-bond acceptors (Lipinski definition) is 0. The molecule has 0 spiro atoms. The topological polar surface area (TPSA) is 19.9 Å². The average molecular weight is 101 g/mol. The third kappa shape index (κ3) is 2.63. The van der Waals surface area contributed by atoms with Crippen molar-refractivity contribution in [3.05, 3.63) is 0 Å². The van der Waals surface area contributed by atoms with Gasteiger partial charge in [-0.3, -0.25) is 0 Å². The van der Waals surface area contributed by atoms with Crippen LogP contribution in [0.5, 0.6) is 0 Å². The maximum atomic E-state index is 10.6. The van der Waals surface area contributed by atoms with Crippen LogP contribution < -0.4 is 0 Å².